The standard InChI is InChI=1S/C25H26F6N2O5/c1-3-7-15-16-14-38-23(24(26,27)28,25(29,30)31)17(16)9-10-18(15)36-12-5-4-11-33-20(34)22(2,32-21(33)35)19-8-6-13-37-19/h6,8-10,13H,3-5,7,11-12,14H2,1-2H3,(H,32,35). The number of carbonyl (C=O) groups is 2. The number of imide groups is 1. The summed E-state index contributed by atoms with van der Waals surface area (Å²) in [6.45, 7) is 2.59. The maximum absolute atomic E-state index is 13.7. The van der Waals surface area contributed by atoms with Crippen LogP contribution >= 0.6 is 0 Å². The lowest BCUT2D eigenvalue weighted by molar-refractivity contribution is -0.385. The third kappa shape index (κ3) is 4.40. The fraction of sp³-hybridized carbons (Fsp3) is 0.520. The van der Waals surface area contributed by atoms with Gasteiger partial charge >= 0.3 is 18.4 Å². The van der Waals surface area contributed by atoms with Crippen LogP contribution in [0.1, 0.15) is 55.6 Å². The molecule has 0 spiro atoms. The fourth-order valence-electron chi connectivity index (χ4n) is 4.90. The number of ether oxygens (including phenoxy) is 2. The van der Waals surface area contributed by atoms with Gasteiger partial charge in [-0.15, -0.1) is 0 Å². The molecule has 2 aliphatic rings. The van der Waals surface area contributed by atoms with Gasteiger partial charge in [0.05, 0.1) is 19.5 Å². The van der Waals surface area contributed by atoms with Gasteiger partial charge in [0.1, 0.15) is 11.5 Å². The van der Waals surface area contributed by atoms with Crippen molar-refractivity contribution in [2.45, 2.75) is 69.6 Å². The van der Waals surface area contributed by atoms with Gasteiger partial charge in [-0.05, 0) is 49.9 Å². The molecule has 208 valence electrons. The summed E-state index contributed by atoms with van der Waals surface area (Å²) in [4.78, 5) is 26.2. The molecule has 3 amide bonds. The van der Waals surface area contributed by atoms with Gasteiger partial charge in [-0.25, -0.2) is 4.79 Å². The lowest BCUT2D eigenvalue weighted by Gasteiger charge is -2.33. The number of hydrogen-bond donors (Lipinski definition) is 1. The van der Waals surface area contributed by atoms with Crippen molar-refractivity contribution in [3.63, 3.8) is 0 Å². The monoisotopic (exact) mass is 548 g/mol. The van der Waals surface area contributed by atoms with Crippen molar-refractivity contribution in [1.29, 1.82) is 0 Å². The van der Waals surface area contributed by atoms with Gasteiger partial charge in [-0.3, -0.25) is 9.69 Å². The van der Waals surface area contributed by atoms with E-state index in [0.29, 0.717) is 25.0 Å². The van der Waals surface area contributed by atoms with E-state index in [1.807, 2.05) is 0 Å². The molecule has 7 nitrogen and oxygen atoms in total. The molecule has 0 aliphatic carbocycles. The zero-order valence-electron chi connectivity index (χ0n) is 20.6. The first-order chi connectivity index (χ1) is 17.8. The second-order valence-electron chi connectivity index (χ2n) is 9.33. The lowest BCUT2D eigenvalue weighted by Crippen LogP contribution is -2.53. The zero-order chi connectivity index (χ0) is 27.9. The average Bonchev–Trinajstić information content (AvgIpc) is 3.54. The van der Waals surface area contributed by atoms with Crippen LogP contribution in [-0.4, -0.2) is 42.3 Å². The van der Waals surface area contributed by atoms with E-state index in [1.54, 1.807) is 19.1 Å². The highest BCUT2D eigenvalue weighted by Crippen LogP contribution is 2.58. The highest BCUT2D eigenvalue weighted by molar-refractivity contribution is 6.06. The molecule has 1 N–H and O–H groups in total. The maximum Gasteiger partial charge on any atom is 0.430 e. The summed E-state index contributed by atoms with van der Waals surface area (Å²) in [7, 11) is 0. The molecule has 1 saturated heterocycles. The van der Waals surface area contributed by atoms with Gasteiger partial charge < -0.3 is 19.2 Å². The number of benzene rings is 1. The van der Waals surface area contributed by atoms with Crippen LogP contribution in [0.3, 0.4) is 0 Å². The van der Waals surface area contributed by atoms with Gasteiger partial charge in [0.15, 0.2) is 5.54 Å². The van der Waals surface area contributed by atoms with Crippen molar-refractivity contribution >= 4 is 11.9 Å². The number of amides is 3. The second kappa shape index (κ2) is 9.83. The Morgan fingerprint density at radius 3 is 2.39 bits per heavy atom. The Bertz CT molecular complexity index is 1180. The molecular formula is C25H26F6N2O5. The number of alkyl halides is 6. The van der Waals surface area contributed by atoms with Gasteiger partial charge in [-0.2, -0.15) is 26.3 Å². The predicted octanol–water partition coefficient (Wildman–Crippen LogP) is 5.71. The van der Waals surface area contributed by atoms with Crippen molar-refractivity contribution < 1.29 is 49.8 Å². The number of halogens is 6. The number of nitrogens with zero attached hydrogens (tertiary/aromatic N) is 1. The average molecular weight is 548 g/mol. The van der Waals surface area contributed by atoms with E-state index in [0.717, 1.165) is 17.0 Å². The fourth-order valence-corrected chi connectivity index (χ4v) is 4.90. The number of unbranched alkanes of at least 4 members (excludes halogenated alkanes) is 1. The third-order valence-electron chi connectivity index (χ3n) is 6.82. The summed E-state index contributed by atoms with van der Waals surface area (Å²) in [6, 6.07) is 4.48. The maximum atomic E-state index is 13.7. The van der Waals surface area contributed by atoms with Crippen LogP contribution in [0.15, 0.2) is 34.9 Å². The number of carbonyl (C=O) groups excluding carboxylic acids is 2. The summed E-state index contributed by atoms with van der Waals surface area (Å²) in [5.74, 6) is 0.000520. The number of rotatable bonds is 9. The van der Waals surface area contributed by atoms with Crippen molar-refractivity contribution in [3.05, 3.63) is 53.0 Å². The molecule has 0 bridgehead atoms. The van der Waals surface area contributed by atoms with Crippen molar-refractivity contribution in [2.24, 2.45) is 0 Å². The van der Waals surface area contributed by atoms with E-state index in [1.165, 1.54) is 13.2 Å². The van der Waals surface area contributed by atoms with Crippen LogP contribution in [0.5, 0.6) is 5.75 Å². The molecule has 0 saturated carbocycles. The summed E-state index contributed by atoms with van der Waals surface area (Å²) in [5, 5.41) is 2.61. The Kier molecular flexibility index (Phi) is 7.19. The zero-order valence-corrected chi connectivity index (χ0v) is 20.6. The van der Waals surface area contributed by atoms with Gasteiger partial charge in [-0.1, -0.05) is 19.4 Å². The molecule has 3 heterocycles. The number of urea groups is 1. The van der Waals surface area contributed by atoms with Crippen molar-refractivity contribution in [1.82, 2.24) is 10.2 Å². The van der Waals surface area contributed by atoms with Crippen LogP contribution in [-0.2, 0) is 33.7 Å². The van der Waals surface area contributed by atoms with E-state index in [2.05, 4.69) is 10.1 Å². The quantitative estimate of drug-likeness (QED) is 0.247. The first-order valence-electron chi connectivity index (χ1n) is 12.0. The largest absolute Gasteiger partial charge is 0.493 e. The number of furan rings is 1. The van der Waals surface area contributed by atoms with Gasteiger partial charge in [0, 0.05) is 17.7 Å². The minimum absolute atomic E-state index is 0.0686. The van der Waals surface area contributed by atoms with Crippen LogP contribution in [0, 0.1) is 0 Å². The number of fused-ring (bicyclic) bond motifs is 1. The molecule has 1 atom stereocenters. The second-order valence-corrected chi connectivity index (χ2v) is 9.33. The van der Waals surface area contributed by atoms with E-state index in [4.69, 9.17) is 9.15 Å². The molecule has 0 radical (unpaired) electrons. The highest BCUT2D eigenvalue weighted by atomic mass is 19.4. The van der Waals surface area contributed by atoms with E-state index in [9.17, 15) is 35.9 Å². The van der Waals surface area contributed by atoms with Crippen LogP contribution in [0.4, 0.5) is 31.1 Å². The molecule has 1 aromatic carbocycles. The molecule has 2 aliphatic heterocycles. The van der Waals surface area contributed by atoms with Crippen molar-refractivity contribution in [3.8, 4) is 5.75 Å². The van der Waals surface area contributed by atoms with Crippen LogP contribution < -0.4 is 10.1 Å². The third-order valence-corrected chi connectivity index (χ3v) is 6.82. The SMILES string of the molecule is CCCc1c(OCCCCN2C(=O)NC(C)(c3ccco3)C2=O)ccc2c1COC2(C(F)(F)F)C(F)(F)F. The van der Waals surface area contributed by atoms with Crippen LogP contribution in [0.2, 0.25) is 0 Å². The Morgan fingerprint density at radius 1 is 1.08 bits per heavy atom. The van der Waals surface area contributed by atoms with Gasteiger partial charge in [0.2, 0.25) is 0 Å². The Balaban J connectivity index is 1.42. The summed E-state index contributed by atoms with van der Waals surface area (Å²) >= 11 is 0. The first kappa shape index (κ1) is 27.8. The minimum Gasteiger partial charge on any atom is -0.493 e. The van der Waals surface area contributed by atoms with E-state index >= 15 is 0 Å². The first-order valence-corrected chi connectivity index (χ1v) is 12.0. The summed E-state index contributed by atoms with van der Waals surface area (Å²) < 4.78 is 97.5. The topological polar surface area (TPSA) is 81.0 Å². The molecule has 1 fully saturated rings. The molecule has 4 rings (SSSR count). The van der Waals surface area contributed by atoms with E-state index in [-0.39, 0.29) is 36.4 Å². The lowest BCUT2D eigenvalue weighted by atomic mass is 9.87. The smallest absolute Gasteiger partial charge is 0.430 e. The molecular weight excluding hydrogens is 522 g/mol. The van der Waals surface area contributed by atoms with Gasteiger partial charge in [0.25, 0.3) is 11.5 Å². The Morgan fingerprint density at radius 2 is 1.79 bits per heavy atom. The van der Waals surface area contributed by atoms with E-state index < -0.39 is 47.6 Å². The molecule has 1 aromatic heterocycles. The predicted molar refractivity (Wildman–Crippen MR) is 120 cm³/mol. The highest BCUT2D eigenvalue weighted by Gasteiger charge is 2.75. The minimum atomic E-state index is -5.70. The van der Waals surface area contributed by atoms with Crippen LogP contribution in [0.25, 0.3) is 0 Å². The molecule has 38 heavy (non-hydrogen) atoms. The summed E-state index contributed by atoms with van der Waals surface area (Å²) in [5.41, 5.74) is -6.60. The normalized spacial score (nSPS) is 21.1. The Hall–Kier alpha value is -3.22. The molecule has 2 aromatic rings. The number of hydrogen-bond acceptors (Lipinski definition) is 5. The van der Waals surface area contributed by atoms with Crippen molar-refractivity contribution in [2.75, 3.05) is 13.2 Å². The molecule has 13 heteroatoms. The Labute approximate surface area is 214 Å². The molecule has 1 unspecified atom stereocenters. The number of nitrogens with one attached hydrogen (secondary N) is 1. The summed E-state index contributed by atoms with van der Waals surface area (Å²) in [6.07, 6.45) is -8.63.